The van der Waals surface area contributed by atoms with Crippen LogP contribution in [-0.2, 0) is 12.1 Å². The Morgan fingerprint density at radius 2 is 2.00 bits per heavy atom. The van der Waals surface area contributed by atoms with E-state index in [0.29, 0.717) is 0 Å². The van der Waals surface area contributed by atoms with Crippen LogP contribution in [-0.4, -0.2) is 16.8 Å². The first-order valence-corrected chi connectivity index (χ1v) is 4.62. The molecule has 0 aliphatic rings. The maximum Gasteiger partial charge on any atom is 0.0681 e. The van der Waals surface area contributed by atoms with Crippen molar-refractivity contribution in [2.24, 2.45) is 5.73 Å². The first kappa shape index (κ1) is 11.2. The Hall–Kier alpha value is -0.900. The van der Waals surface area contributed by atoms with Gasteiger partial charge in [-0.2, -0.15) is 0 Å². The zero-order valence-electron chi connectivity index (χ0n) is 8.62. The van der Waals surface area contributed by atoms with E-state index in [1.54, 1.807) is 6.92 Å². The molecule has 0 unspecified atom stereocenters. The van der Waals surface area contributed by atoms with Gasteiger partial charge in [-0.3, -0.25) is 0 Å². The minimum atomic E-state index is -0.741. The van der Waals surface area contributed by atoms with Crippen LogP contribution < -0.4 is 5.73 Å². The van der Waals surface area contributed by atoms with Gasteiger partial charge >= 0.3 is 0 Å². The third-order valence-corrected chi connectivity index (χ3v) is 2.43. The van der Waals surface area contributed by atoms with Crippen LogP contribution in [0, 0.1) is 6.92 Å². The molecular formula is C11H17NO2. The van der Waals surface area contributed by atoms with E-state index in [-0.39, 0.29) is 13.2 Å². The van der Waals surface area contributed by atoms with Crippen molar-refractivity contribution in [2.45, 2.75) is 26.0 Å². The summed E-state index contributed by atoms with van der Waals surface area (Å²) in [5.74, 6) is 0. The number of benzene rings is 1. The van der Waals surface area contributed by atoms with Gasteiger partial charge in [-0.15, -0.1) is 0 Å². The Morgan fingerprint density at radius 1 is 1.36 bits per heavy atom. The predicted octanol–water partition coefficient (Wildman–Crippen LogP) is 0.654. The average Bonchev–Trinajstić information content (AvgIpc) is 2.18. The van der Waals surface area contributed by atoms with Crippen molar-refractivity contribution in [3.05, 3.63) is 34.9 Å². The highest BCUT2D eigenvalue weighted by Gasteiger charge is 2.22. The largest absolute Gasteiger partial charge is 0.394 e. The summed E-state index contributed by atoms with van der Waals surface area (Å²) in [6, 6.07) is 5.60. The van der Waals surface area contributed by atoms with Crippen molar-refractivity contribution in [3.63, 3.8) is 0 Å². The van der Waals surface area contributed by atoms with Gasteiger partial charge in [0.1, 0.15) is 0 Å². The van der Waals surface area contributed by atoms with Gasteiger partial charge in [0.2, 0.25) is 0 Å². The number of nitrogens with two attached hydrogens (primary N) is 1. The fraction of sp³-hybridized carbons (Fsp3) is 0.455. The van der Waals surface area contributed by atoms with Crippen LogP contribution in [0.2, 0.25) is 0 Å². The predicted molar refractivity (Wildman–Crippen MR) is 55.7 cm³/mol. The number of aliphatic hydroxyl groups excluding tert-OH is 2. The molecule has 0 bridgehead atoms. The van der Waals surface area contributed by atoms with Gasteiger partial charge in [0.25, 0.3) is 0 Å². The molecule has 1 atom stereocenters. The molecule has 0 aliphatic heterocycles. The van der Waals surface area contributed by atoms with Gasteiger partial charge in [0, 0.05) is 0 Å². The zero-order chi connectivity index (χ0) is 10.8. The molecule has 0 fully saturated rings. The highest BCUT2D eigenvalue weighted by molar-refractivity contribution is 5.35. The van der Waals surface area contributed by atoms with Crippen LogP contribution in [0.3, 0.4) is 0 Å². The second-order valence-corrected chi connectivity index (χ2v) is 3.88. The number of aryl methyl sites for hydroxylation is 1. The fourth-order valence-electron chi connectivity index (χ4n) is 1.47. The second-order valence-electron chi connectivity index (χ2n) is 3.88. The van der Waals surface area contributed by atoms with Crippen molar-refractivity contribution in [1.82, 2.24) is 0 Å². The van der Waals surface area contributed by atoms with Crippen LogP contribution in [0.5, 0.6) is 0 Å². The van der Waals surface area contributed by atoms with Gasteiger partial charge in [-0.25, -0.2) is 0 Å². The summed E-state index contributed by atoms with van der Waals surface area (Å²) in [6.45, 7) is 3.60. The molecule has 3 heteroatoms. The summed E-state index contributed by atoms with van der Waals surface area (Å²) < 4.78 is 0. The van der Waals surface area contributed by atoms with Crippen LogP contribution >= 0.6 is 0 Å². The molecule has 0 amide bonds. The molecular weight excluding hydrogens is 178 g/mol. The third-order valence-electron chi connectivity index (χ3n) is 2.43. The number of rotatable bonds is 3. The summed E-state index contributed by atoms with van der Waals surface area (Å²) in [7, 11) is 0. The van der Waals surface area contributed by atoms with Crippen LogP contribution in [0.1, 0.15) is 23.6 Å². The summed E-state index contributed by atoms with van der Waals surface area (Å²) >= 11 is 0. The lowest BCUT2D eigenvalue weighted by Crippen LogP contribution is -2.37. The molecule has 3 nitrogen and oxygen atoms in total. The van der Waals surface area contributed by atoms with E-state index in [1.807, 2.05) is 25.1 Å². The molecule has 0 aliphatic carbocycles. The van der Waals surface area contributed by atoms with Gasteiger partial charge in [-0.1, -0.05) is 18.2 Å². The van der Waals surface area contributed by atoms with Gasteiger partial charge in [-0.05, 0) is 30.5 Å². The molecule has 1 aromatic carbocycles. The molecule has 14 heavy (non-hydrogen) atoms. The number of hydrogen-bond donors (Lipinski definition) is 3. The Labute approximate surface area is 84.2 Å². The minimum absolute atomic E-state index is 0.00517. The highest BCUT2D eigenvalue weighted by atomic mass is 16.3. The van der Waals surface area contributed by atoms with Crippen molar-refractivity contribution < 1.29 is 10.2 Å². The Morgan fingerprint density at radius 3 is 2.50 bits per heavy atom. The summed E-state index contributed by atoms with van der Waals surface area (Å²) in [4.78, 5) is 0. The van der Waals surface area contributed by atoms with Crippen molar-refractivity contribution in [3.8, 4) is 0 Å². The Balaban J connectivity index is 3.18. The quantitative estimate of drug-likeness (QED) is 0.663. The summed E-state index contributed by atoms with van der Waals surface area (Å²) in [5.41, 5.74) is 7.91. The SMILES string of the molecule is Cc1ccc(CO)cc1[C@@](C)(N)CO. The van der Waals surface area contributed by atoms with E-state index in [9.17, 15) is 0 Å². The van der Waals surface area contributed by atoms with Gasteiger partial charge < -0.3 is 15.9 Å². The topological polar surface area (TPSA) is 66.5 Å². The van der Waals surface area contributed by atoms with Crippen LogP contribution in [0.25, 0.3) is 0 Å². The Bertz CT molecular complexity index is 321. The van der Waals surface area contributed by atoms with E-state index in [0.717, 1.165) is 16.7 Å². The maximum atomic E-state index is 9.15. The molecule has 0 aromatic heterocycles. The van der Waals surface area contributed by atoms with Crippen molar-refractivity contribution in [2.75, 3.05) is 6.61 Å². The first-order chi connectivity index (χ1) is 6.51. The molecule has 0 heterocycles. The monoisotopic (exact) mass is 195 g/mol. The van der Waals surface area contributed by atoms with Gasteiger partial charge in [0.15, 0.2) is 0 Å². The molecule has 0 saturated heterocycles. The van der Waals surface area contributed by atoms with Crippen LogP contribution in [0.4, 0.5) is 0 Å². The highest BCUT2D eigenvalue weighted by Crippen LogP contribution is 2.22. The summed E-state index contributed by atoms with van der Waals surface area (Å²) in [6.07, 6.45) is 0. The lowest BCUT2D eigenvalue weighted by molar-refractivity contribution is 0.209. The smallest absolute Gasteiger partial charge is 0.0681 e. The molecule has 0 radical (unpaired) electrons. The van der Waals surface area contributed by atoms with Crippen molar-refractivity contribution >= 4 is 0 Å². The Kier molecular flexibility index (Phi) is 3.26. The maximum absolute atomic E-state index is 9.15. The molecule has 1 rings (SSSR count). The fourth-order valence-corrected chi connectivity index (χ4v) is 1.47. The molecule has 4 N–H and O–H groups in total. The van der Waals surface area contributed by atoms with Crippen molar-refractivity contribution in [1.29, 1.82) is 0 Å². The van der Waals surface area contributed by atoms with E-state index in [1.165, 1.54) is 0 Å². The standard InChI is InChI=1S/C11H17NO2/c1-8-3-4-9(6-13)5-10(8)11(2,12)7-14/h3-5,13-14H,6-7,12H2,1-2H3/t11-/m0/s1. The molecule has 0 saturated carbocycles. The number of aliphatic hydroxyl groups is 2. The first-order valence-electron chi connectivity index (χ1n) is 4.62. The lowest BCUT2D eigenvalue weighted by atomic mass is 9.89. The lowest BCUT2D eigenvalue weighted by Gasteiger charge is -2.25. The second kappa shape index (κ2) is 4.09. The summed E-state index contributed by atoms with van der Waals surface area (Å²) in [5, 5.41) is 18.1. The van der Waals surface area contributed by atoms with E-state index >= 15 is 0 Å². The minimum Gasteiger partial charge on any atom is -0.394 e. The zero-order valence-corrected chi connectivity index (χ0v) is 8.62. The molecule has 1 aromatic rings. The number of hydrogen-bond acceptors (Lipinski definition) is 3. The van der Waals surface area contributed by atoms with E-state index < -0.39 is 5.54 Å². The normalized spacial score (nSPS) is 15.2. The average molecular weight is 195 g/mol. The third kappa shape index (κ3) is 2.12. The van der Waals surface area contributed by atoms with Gasteiger partial charge in [0.05, 0.1) is 18.8 Å². The van der Waals surface area contributed by atoms with E-state index in [4.69, 9.17) is 15.9 Å². The molecule has 78 valence electrons. The molecule has 0 spiro atoms. The van der Waals surface area contributed by atoms with Crippen LogP contribution in [0.15, 0.2) is 18.2 Å². The van der Waals surface area contributed by atoms with E-state index in [2.05, 4.69) is 0 Å².